The Kier molecular flexibility index (Phi) is 6.11. The molecule has 0 saturated carbocycles. The molecule has 0 radical (unpaired) electrons. The second-order valence-electron chi connectivity index (χ2n) is 6.87. The molecule has 1 aliphatic heterocycles. The molecule has 112 valence electrons. The zero-order valence-electron chi connectivity index (χ0n) is 13.1. The van der Waals surface area contributed by atoms with Crippen LogP contribution in [0.1, 0.15) is 47.5 Å². The maximum Gasteiger partial charge on any atom is 0.410 e. The number of piperidine rings is 1. The Morgan fingerprint density at radius 3 is 2.63 bits per heavy atom. The molecular formula is C15H29NO3. The lowest BCUT2D eigenvalue weighted by atomic mass is 9.99. The Labute approximate surface area is 117 Å². The molecule has 19 heavy (non-hydrogen) atoms. The molecule has 0 N–H and O–H groups in total. The van der Waals surface area contributed by atoms with Gasteiger partial charge in [0.05, 0.1) is 6.61 Å². The first-order valence-corrected chi connectivity index (χ1v) is 7.33. The third kappa shape index (κ3) is 6.81. The van der Waals surface area contributed by atoms with Crippen molar-refractivity contribution in [2.45, 2.75) is 53.1 Å². The molecule has 4 nitrogen and oxygen atoms in total. The molecule has 0 aromatic carbocycles. The first-order chi connectivity index (χ1) is 8.78. The van der Waals surface area contributed by atoms with Crippen LogP contribution in [0.15, 0.2) is 0 Å². The van der Waals surface area contributed by atoms with E-state index in [2.05, 4.69) is 13.8 Å². The smallest absolute Gasteiger partial charge is 0.410 e. The van der Waals surface area contributed by atoms with Crippen LogP contribution >= 0.6 is 0 Å². The number of carbonyl (C=O) groups is 1. The minimum absolute atomic E-state index is 0.193. The van der Waals surface area contributed by atoms with E-state index in [0.29, 0.717) is 11.8 Å². The van der Waals surface area contributed by atoms with Gasteiger partial charge in [0.2, 0.25) is 0 Å². The number of hydrogen-bond donors (Lipinski definition) is 0. The number of rotatable bonds is 4. The van der Waals surface area contributed by atoms with E-state index in [0.717, 1.165) is 39.1 Å². The third-order valence-electron chi connectivity index (χ3n) is 2.98. The second kappa shape index (κ2) is 7.13. The summed E-state index contributed by atoms with van der Waals surface area (Å²) in [6, 6.07) is 0. The van der Waals surface area contributed by atoms with Crippen LogP contribution in [0.4, 0.5) is 4.79 Å². The largest absolute Gasteiger partial charge is 0.444 e. The minimum atomic E-state index is -0.418. The summed E-state index contributed by atoms with van der Waals surface area (Å²) in [7, 11) is 0. The van der Waals surface area contributed by atoms with Crippen LogP contribution in [-0.2, 0) is 9.47 Å². The fraction of sp³-hybridized carbons (Fsp3) is 0.933. The SMILES string of the molecule is CC(C)COCC1CCCN(C(=O)OC(C)(C)C)C1. The standard InChI is InChI=1S/C15H29NO3/c1-12(2)10-18-11-13-7-6-8-16(9-13)14(17)19-15(3,4)5/h12-13H,6-11H2,1-5H3. The summed E-state index contributed by atoms with van der Waals surface area (Å²) >= 11 is 0. The number of nitrogens with zero attached hydrogens (tertiary/aromatic N) is 1. The molecule has 1 unspecified atom stereocenters. The van der Waals surface area contributed by atoms with E-state index in [-0.39, 0.29) is 6.09 Å². The van der Waals surface area contributed by atoms with E-state index in [1.807, 2.05) is 25.7 Å². The normalized spacial score (nSPS) is 20.7. The highest BCUT2D eigenvalue weighted by Gasteiger charge is 2.27. The fourth-order valence-corrected chi connectivity index (χ4v) is 2.16. The molecule has 1 rings (SSSR count). The zero-order chi connectivity index (χ0) is 14.5. The molecule has 0 bridgehead atoms. The average molecular weight is 271 g/mol. The Bertz CT molecular complexity index is 284. The van der Waals surface area contributed by atoms with Crippen molar-refractivity contribution >= 4 is 6.09 Å². The van der Waals surface area contributed by atoms with Crippen molar-refractivity contribution in [1.82, 2.24) is 4.90 Å². The highest BCUT2D eigenvalue weighted by molar-refractivity contribution is 5.68. The highest BCUT2D eigenvalue weighted by atomic mass is 16.6. The van der Waals surface area contributed by atoms with Gasteiger partial charge in [-0.15, -0.1) is 0 Å². The zero-order valence-corrected chi connectivity index (χ0v) is 13.1. The van der Waals surface area contributed by atoms with Gasteiger partial charge in [-0.3, -0.25) is 0 Å². The summed E-state index contributed by atoms with van der Waals surface area (Å²) in [5, 5.41) is 0. The average Bonchev–Trinajstić information content (AvgIpc) is 2.26. The summed E-state index contributed by atoms with van der Waals surface area (Å²) in [5.41, 5.74) is -0.418. The molecule has 1 aliphatic rings. The van der Waals surface area contributed by atoms with Crippen molar-refractivity contribution in [3.8, 4) is 0 Å². The number of likely N-dealkylation sites (tertiary alicyclic amines) is 1. The second-order valence-corrected chi connectivity index (χ2v) is 6.87. The van der Waals surface area contributed by atoms with Gasteiger partial charge < -0.3 is 14.4 Å². The van der Waals surface area contributed by atoms with E-state index >= 15 is 0 Å². The first-order valence-electron chi connectivity index (χ1n) is 7.33. The van der Waals surface area contributed by atoms with Crippen LogP contribution in [0.5, 0.6) is 0 Å². The molecule has 0 aliphatic carbocycles. The van der Waals surface area contributed by atoms with Crippen LogP contribution < -0.4 is 0 Å². The van der Waals surface area contributed by atoms with E-state index in [9.17, 15) is 4.79 Å². The van der Waals surface area contributed by atoms with Crippen LogP contribution in [0.25, 0.3) is 0 Å². The molecule has 4 heteroatoms. The Morgan fingerprint density at radius 1 is 1.37 bits per heavy atom. The Balaban J connectivity index is 2.35. The van der Waals surface area contributed by atoms with Crippen LogP contribution in [0.3, 0.4) is 0 Å². The number of hydrogen-bond acceptors (Lipinski definition) is 3. The van der Waals surface area contributed by atoms with Gasteiger partial charge in [0.15, 0.2) is 0 Å². The van der Waals surface area contributed by atoms with Crippen molar-refractivity contribution < 1.29 is 14.3 Å². The number of amides is 1. The van der Waals surface area contributed by atoms with E-state index in [4.69, 9.17) is 9.47 Å². The van der Waals surface area contributed by atoms with Crippen LogP contribution in [0.2, 0.25) is 0 Å². The highest BCUT2D eigenvalue weighted by Crippen LogP contribution is 2.19. The van der Waals surface area contributed by atoms with Gasteiger partial charge in [-0.25, -0.2) is 4.79 Å². The first kappa shape index (κ1) is 16.3. The van der Waals surface area contributed by atoms with Gasteiger partial charge in [-0.1, -0.05) is 13.8 Å². The minimum Gasteiger partial charge on any atom is -0.444 e. The molecule has 0 aromatic rings. The van der Waals surface area contributed by atoms with Crippen molar-refractivity contribution in [2.75, 3.05) is 26.3 Å². The maximum absolute atomic E-state index is 12.0. The number of ether oxygens (including phenoxy) is 2. The summed E-state index contributed by atoms with van der Waals surface area (Å²) in [4.78, 5) is 13.8. The van der Waals surface area contributed by atoms with E-state index < -0.39 is 5.60 Å². The van der Waals surface area contributed by atoms with Gasteiger partial charge >= 0.3 is 6.09 Å². The summed E-state index contributed by atoms with van der Waals surface area (Å²) < 4.78 is 11.1. The molecule has 1 heterocycles. The van der Waals surface area contributed by atoms with Gasteiger partial charge in [0, 0.05) is 25.6 Å². The van der Waals surface area contributed by atoms with Gasteiger partial charge in [-0.2, -0.15) is 0 Å². The summed E-state index contributed by atoms with van der Waals surface area (Å²) in [6.07, 6.45) is 1.98. The third-order valence-corrected chi connectivity index (χ3v) is 2.98. The molecule has 1 saturated heterocycles. The molecule has 1 amide bonds. The topological polar surface area (TPSA) is 38.8 Å². The Hall–Kier alpha value is -0.770. The summed E-state index contributed by atoms with van der Waals surface area (Å²) in [5.74, 6) is 1.01. The fourth-order valence-electron chi connectivity index (χ4n) is 2.16. The van der Waals surface area contributed by atoms with Gasteiger partial charge in [0.25, 0.3) is 0 Å². The van der Waals surface area contributed by atoms with E-state index in [1.54, 1.807) is 0 Å². The molecular weight excluding hydrogens is 242 g/mol. The Morgan fingerprint density at radius 2 is 2.05 bits per heavy atom. The predicted octanol–water partition coefficient (Wildman–Crippen LogP) is 3.31. The van der Waals surface area contributed by atoms with Crippen molar-refractivity contribution in [3.63, 3.8) is 0 Å². The quantitative estimate of drug-likeness (QED) is 0.787. The van der Waals surface area contributed by atoms with Gasteiger partial charge in [-0.05, 0) is 39.5 Å². The van der Waals surface area contributed by atoms with Crippen LogP contribution in [0, 0.1) is 11.8 Å². The molecule has 1 fully saturated rings. The molecule has 0 spiro atoms. The van der Waals surface area contributed by atoms with Gasteiger partial charge in [0.1, 0.15) is 5.60 Å². The lowest BCUT2D eigenvalue weighted by Crippen LogP contribution is -2.43. The molecule has 0 aromatic heterocycles. The van der Waals surface area contributed by atoms with Crippen LogP contribution in [-0.4, -0.2) is 42.9 Å². The maximum atomic E-state index is 12.0. The monoisotopic (exact) mass is 271 g/mol. The lowest BCUT2D eigenvalue weighted by Gasteiger charge is -2.34. The lowest BCUT2D eigenvalue weighted by molar-refractivity contribution is 0.00548. The molecule has 1 atom stereocenters. The van der Waals surface area contributed by atoms with Crippen molar-refractivity contribution in [2.24, 2.45) is 11.8 Å². The number of carbonyl (C=O) groups excluding carboxylic acids is 1. The van der Waals surface area contributed by atoms with Crippen molar-refractivity contribution in [3.05, 3.63) is 0 Å². The summed E-state index contributed by atoms with van der Waals surface area (Å²) in [6.45, 7) is 13.1. The van der Waals surface area contributed by atoms with Crippen molar-refractivity contribution in [1.29, 1.82) is 0 Å². The van der Waals surface area contributed by atoms with E-state index in [1.165, 1.54) is 0 Å². The predicted molar refractivity (Wildman–Crippen MR) is 76.2 cm³/mol.